The molecule has 0 aromatic heterocycles. The Morgan fingerprint density at radius 1 is 1.06 bits per heavy atom. The van der Waals surface area contributed by atoms with Crippen LogP contribution in [0.5, 0.6) is 0 Å². The Balaban J connectivity index is 0.00000480. The Kier molecular flexibility index (Phi) is 11.0. The van der Waals surface area contributed by atoms with Gasteiger partial charge in [-0.15, -0.1) is 24.0 Å². The molecule has 170 valence electrons. The van der Waals surface area contributed by atoms with E-state index >= 15 is 0 Å². The number of aliphatic imine (C=N–C) groups is 1. The van der Waals surface area contributed by atoms with Gasteiger partial charge in [-0.25, -0.2) is 8.42 Å². The summed E-state index contributed by atoms with van der Waals surface area (Å²) in [5.41, 5.74) is 2.71. The Bertz CT molecular complexity index is 995. The number of guanidine groups is 1. The van der Waals surface area contributed by atoms with Crippen molar-refractivity contribution < 1.29 is 13.2 Å². The highest BCUT2D eigenvalue weighted by Crippen LogP contribution is 2.16. The molecule has 2 N–H and O–H groups in total. The van der Waals surface area contributed by atoms with E-state index in [1.165, 1.54) is 6.26 Å². The number of carbonyl (C=O) groups excluding carboxylic acids is 1. The number of likely N-dealkylation sites (N-methyl/N-ethyl adjacent to an activating group) is 1. The largest absolute Gasteiger partial charge is 0.352 e. The van der Waals surface area contributed by atoms with Crippen LogP contribution in [-0.2, 0) is 27.7 Å². The summed E-state index contributed by atoms with van der Waals surface area (Å²) in [5, 5.41) is 6.19. The van der Waals surface area contributed by atoms with Gasteiger partial charge in [0.25, 0.3) is 0 Å². The first kappa shape index (κ1) is 26.9. The lowest BCUT2D eigenvalue weighted by Crippen LogP contribution is -2.44. The average Bonchev–Trinajstić information content (AvgIpc) is 2.71. The van der Waals surface area contributed by atoms with Crippen molar-refractivity contribution in [2.75, 3.05) is 26.4 Å². The molecule has 2 rings (SSSR count). The van der Waals surface area contributed by atoms with Crippen molar-refractivity contribution in [3.8, 4) is 0 Å². The predicted molar refractivity (Wildman–Crippen MR) is 135 cm³/mol. The fourth-order valence-electron chi connectivity index (χ4n) is 3.10. The van der Waals surface area contributed by atoms with Crippen molar-refractivity contribution in [2.45, 2.75) is 31.8 Å². The second-order valence-corrected chi connectivity index (χ2v) is 9.03. The second kappa shape index (κ2) is 12.7. The fraction of sp³-hybridized carbons (Fsp3) is 0.364. The first-order chi connectivity index (χ1) is 14.2. The number of amides is 1. The van der Waals surface area contributed by atoms with Gasteiger partial charge in [-0.05, 0) is 36.6 Å². The number of sulfone groups is 1. The lowest BCUT2D eigenvalue weighted by Gasteiger charge is -2.22. The maximum Gasteiger partial charge on any atom is 0.242 e. The molecule has 7 nitrogen and oxygen atoms in total. The van der Waals surface area contributed by atoms with E-state index in [2.05, 4.69) is 15.6 Å². The van der Waals surface area contributed by atoms with Crippen LogP contribution < -0.4 is 10.6 Å². The molecular formula is C22H31IN4O3S. The molecule has 0 radical (unpaired) electrons. The van der Waals surface area contributed by atoms with E-state index in [1.807, 2.05) is 43.3 Å². The van der Waals surface area contributed by atoms with Crippen molar-refractivity contribution in [3.63, 3.8) is 0 Å². The van der Waals surface area contributed by atoms with Crippen LogP contribution in [0.2, 0.25) is 0 Å². The van der Waals surface area contributed by atoms with Gasteiger partial charge in [0.1, 0.15) is 0 Å². The minimum absolute atomic E-state index is 0. The fourth-order valence-corrected chi connectivity index (χ4v) is 4.05. The van der Waals surface area contributed by atoms with E-state index in [1.54, 1.807) is 31.0 Å². The Morgan fingerprint density at radius 3 is 2.29 bits per heavy atom. The number of halogens is 1. The maximum atomic E-state index is 12.6. The molecule has 2 aromatic rings. The van der Waals surface area contributed by atoms with Gasteiger partial charge in [0, 0.05) is 32.9 Å². The number of carbonyl (C=O) groups is 1. The van der Waals surface area contributed by atoms with Gasteiger partial charge in [0.15, 0.2) is 15.8 Å². The van der Waals surface area contributed by atoms with Gasteiger partial charge in [-0.1, -0.05) is 42.5 Å². The molecule has 0 fully saturated rings. The van der Waals surface area contributed by atoms with Crippen LogP contribution in [0, 0.1) is 6.92 Å². The zero-order valence-electron chi connectivity index (χ0n) is 18.4. The van der Waals surface area contributed by atoms with Crippen molar-refractivity contribution in [1.29, 1.82) is 0 Å². The van der Waals surface area contributed by atoms with E-state index in [0.717, 1.165) is 11.1 Å². The molecule has 2 aromatic carbocycles. The third-order valence-corrected chi connectivity index (χ3v) is 5.94. The van der Waals surface area contributed by atoms with Gasteiger partial charge in [0.05, 0.1) is 11.4 Å². The van der Waals surface area contributed by atoms with Crippen molar-refractivity contribution in [1.82, 2.24) is 15.5 Å². The third-order valence-electron chi connectivity index (χ3n) is 4.68. The van der Waals surface area contributed by atoms with E-state index in [4.69, 9.17) is 0 Å². The topological polar surface area (TPSA) is 90.9 Å². The van der Waals surface area contributed by atoms with Crippen LogP contribution in [0.1, 0.15) is 23.6 Å². The van der Waals surface area contributed by atoms with Crippen molar-refractivity contribution >= 4 is 45.7 Å². The summed E-state index contributed by atoms with van der Waals surface area (Å²) in [4.78, 5) is 18.8. The van der Waals surface area contributed by atoms with Crippen molar-refractivity contribution in [2.24, 2.45) is 4.99 Å². The van der Waals surface area contributed by atoms with E-state index < -0.39 is 9.84 Å². The molecule has 0 spiro atoms. The summed E-state index contributed by atoms with van der Waals surface area (Å²) in [6, 6.07) is 15.1. The van der Waals surface area contributed by atoms with E-state index in [0.29, 0.717) is 36.1 Å². The summed E-state index contributed by atoms with van der Waals surface area (Å²) < 4.78 is 23.5. The second-order valence-electron chi connectivity index (χ2n) is 7.04. The smallest absolute Gasteiger partial charge is 0.242 e. The van der Waals surface area contributed by atoms with Crippen LogP contribution in [-0.4, -0.2) is 51.6 Å². The quantitative estimate of drug-likeness (QED) is 0.296. The summed E-state index contributed by atoms with van der Waals surface area (Å²) >= 11 is 0. The van der Waals surface area contributed by atoms with Gasteiger partial charge < -0.3 is 15.5 Å². The Hall–Kier alpha value is -2.14. The molecule has 0 aliphatic rings. The minimum atomic E-state index is -3.24. The van der Waals surface area contributed by atoms with Gasteiger partial charge >= 0.3 is 0 Å². The number of nitrogens with zero attached hydrogens (tertiary/aromatic N) is 2. The normalized spacial score (nSPS) is 11.4. The predicted octanol–water partition coefficient (Wildman–Crippen LogP) is 2.73. The zero-order valence-corrected chi connectivity index (χ0v) is 21.5. The first-order valence-electron chi connectivity index (χ1n) is 9.80. The van der Waals surface area contributed by atoms with Crippen LogP contribution in [0.3, 0.4) is 0 Å². The number of hydrogen-bond acceptors (Lipinski definition) is 4. The number of aryl methyl sites for hydroxylation is 1. The van der Waals surface area contributed by atoms with Gasteiger partial charge in [0.2, 0.25) is 5.91 Å². The molecule has 1 amide bonds. The number of benzene rings is 2. The highest BCUT2D eigenvalue weighted by molar-refractivity contribution is 14.0. The lowest BCUT2D eigenvalue weighted by atomic mass is 10.1. The zero-order chi connectivity index (χ0) is 22.1. The summed E-state index contributed by atoms with van der Waals surface area (Å²) in [6.45, 7) is 5.50. The molecule has 31 heavy (non-hydrogen) atoms. The molecule has 0 bridgehead atoms. The van der Waals surface area contributed by atoms with Crippen molar-refractivity contribution in [3.05, 3.63) is 65.2 Å². The number of hydrogen-bond donors (Lipinski definition) is 2. The number of rotatable bonds is 8. The Morgan fingerprint density at radius 2 is 1.74 bits per heavy atom. The summed E-state index contributed by atoms with van der Waals surface area (Å²) in [6.07, 6.45) is 1.20. The standard InChI is InChI=1S/C22H30N4O3S.HI/c1-5-26(16-18-9-7-6-8-10-18)21(27)15-25-22(23-3)24-14-19-11-12-20(17(2)13-19)30(4,28)29;/h6-13H,5,14-16H2,1-4H3,(H2,23,24,25);1H. The van der Waals surface area contributed by atoms with Crippen LogP contribution >= 0.6 is 24.0 Å². The van der Waals surface area contributed by atoms with Crippen LogP contribution in [0.15, 0.2) is 58.4 Å². The summed E-state index contributed by atoms with van der Waals surface area (Å²) in [5.74, 6) is 0.488. The summed E-state index contributed by atoms with van der Waals surface area (Å²) in [7, 11) is -1.60. The lowest BCUT2D eigenvalue weighted by molar-refractivity contribution is -0.130. The molecular weight excluding hydrogens is 527 g/mol. The molecule has 9 heteroatoms. The van der Waals surface area contributed by atoms with E-state index in [9.17, 15) is 13.2 Å². The van der Waals surface area contributed by atoms with Crippen LogP contribution in [0.25, 0.3) is 0 Å². The van der Waals surface area contributed by atoms with Gasteiger partial charge in [-0.3, -0.25) is 9.79 Å². The molecule has 0 atom stereocenters. The highest BCUT2D eigenvalue weighted by atomic mass is 127. The molecule has 0 unspecified atom stereocenters. The molecule has 0 aliphatic heterocycles. The maximum absolute atomic E-state index is 12.6. The molecule has 0 aliphatic carbocycles. The highest BCUT2D eigenvalue weighted by Gasteiger charge is 2.13. The molecule has 0 saturated carbocycles. The first-order valence-corrected chi connectivity index (χ1v) is 11.7. The molecule has 0 heterocycles. The monoisotopic (exact) mass is 558 g/mol. The number of nitrogens with one attached hydrogen (secondary N) is 2. The average molecular weight is 558 g/mol. The Labute approximate surface area is 202 Å². The van der Waals surface area contributed by atoms with Crippen LogP contribution in [0.4, 0.5) is 0 Å². The van der Waals surface area contributed by atoms with Gasteiger partial charge in [-0.2, -0.15) is 0 Å². The molecule has 0 saturated heterocycles. The SMILES string of the molecule is CCN(Cc1ccccc1)C(=O)CNC(=NC)NCc1ccc(S(C)(=O)=O)c(C)c1.I. The van der Waals surface area contributed by atoms with E-state index in [-0.39, 0.29) is 36.4 Å². The minimum Gasteiger partial charge on any atom is -0.352 e. The third kappa shape index (κ3) is 8.48.